The number of carbonyl (C=O) groups excluding carboxylic acids is 1. The van der Waals surface area contributed by atoms with E-state index in [-0.39, 0.29) is 6.79 Å². The standard InChI is InChI=1S/C11H11FO3/c1-11(2,12)8-3-7(5-13)10-9(4-8)14-6-15-10/h3-5H,6H2,1-2H3. The van der Waals surface area contributed by atoms with Crippen molar-refractivity contribution in [3.63, 3.8) is 0 Å². The quantitative estimate of drug-likeness (QED) is 0.703. The Morgan fingerprint density at radius 2 is 2.13 bits per heavy atom. The van der Waals surface area contributed by atoms with Crippen LogP contribution in [0.2, 0.25) is 0 Å². The Morgan fingerprint density at radius 1 is 1.40 bits per heavy atom. The van der Waals surface area contributed by atoms with E-state index in [1.54, 1.807) is 6.07 Å². The number of halogens is 1. The number of hydrogen-bond acceptors (Lipinski definition) is 3. The molecule has 4 heteroatoms. The van der Waals surface area contributed by atoms with Crippen LogP contribution in [0.1, 0.15) is 29.8 Å². The summed E-state index contributed by atoms with van der Waals surface area (Å²) in [5.41, 5.74) is -0.766. The molecule has 80 valence electrons. The fraction of sp³-hybridized carbons (Fsp3) is 0.364. The van der Waals surface area contributed by atoms with Crippen molar-refractivity contribution in [1.82, 2.24) is 0 Å². The molecule has 0 amide bonds. The molecule has 0 aromatic heterocycles. The smallest absolute Gasteiger partial charge is 0.231 e. The van der Waals surface area contributed by atoms with Gasteiger partial charge in [-0.05, 0) is 31.5 Å². The van der Waals surface area contributed by atoms with E-state index in [0.717, 1.165) is 0 Å². The van der Waals surface area contributed by atoms with Gasteiger partial charge in [-0.1, -0.05) is 0 Å². The summed E-state index contributed by atoms with van der Waals surface area (Å²) in [6, 6.07) is 3.05. The number of carbonyl (C=O) groups is 1. The molecular formula is C11H11FO3. The zero-order valence-electron chi connectivity index (χ0n) is 8.54. The minimum absolute atomic E-state index is 0.0757. The minimum atomic E-state index is -1.50. The van der Waals surface area contributed by atoms with Gasteiger partial charge in [-0.2, -0.15) is 0 Å². The lowest BCUT2D eigenvalue weighted by atomic mass is 9.97. The Morgan fingerprint density at radius 3 is 2.73 bits per heavy atom. The summed E-state index contributed by atoms with van der Waals surface area (Å²) >= 11 is 0. The molecule has 0 spiro atoms. The van der Waals surface area contributed by atoms with Crippen molar-refractivity contribution in [1.29, 1.82) is 0 Å². The lowest BCUT2D eigenvalue weighted by molar-refractivity contribution is 0.111. The molecule has 0 unspecified atom stereocenters. The van der Waals surface area contributed by atoms with Crippen LogP contribution in [-0.2, 0) is 5.67 Å². The van der Waals surface area contributed by atoms with E-state index < -0.39 is 5.67 Å². The second-order valence-corrected chi connectivity index (χ2v) is 3.89. The summed E-state index contributed by atoms with van der Waals surface area (Å²) in [6.07, 6.45) is 0.642. The summed E-state index contributed by atoms with van der Waals surface area (Å²) in [4.78, 5) is 10.8. The fourth-order valence-corrected chi connectivity index (χ4v) is 1.47. The van der Waals surface area contributed by atoms with Crippen LogP contribution < -0.4 is 9.47 Å². The summed E-state index contributed by atoms with van der Waals surface area (Å²) < 4.78 is 23.9. The summed E-state index contributed by atoms with van der Waals surface area (Å²) in [6.45, 7) is 2.94. The number of rotatable bonds is 2. The highest BCUT2D eigenvalue weighted by Crippen LogP contribution is 2.39. The van der Waals surface area contributed by atoms with E-state index in [1.165, 1.54) is 19.9 Å². The predicted molar refractivity (Wildman–Crippen MR) is 52.1 cm³/mol. The van der Waals surface area contributed by atoms with Crippen LogP contribution in [0, 0.1) is 0 Å². The Kier molecular flexibility index (Phi) is 2.14. The van der Waals surface area contributed by atoms with Gasteiger partial charge in [0.15, 0.2) is 17.8 Å². The van der Waals surface area contributed by atoms with Crippen molar-refractivity contribution in [3.8, 4) is 11.5 Å². The van der Waals surface area contributed by atoms with Gasteiger partial charge in [-0.25, -0.2) is 4.39 Å². The molecule has 1 heterocycles. The van der Waals surface area contributed by atoms with E-state index in [4.69, 9.17) is 9.47 Å². The van der Waals surface area contributed by atoms with E-state index >= 15 is 0 Å². The van der Waals surface area contributed by atoms with E-state index in [0.29, 0.717) is 28.9 Å². The van der Waals surface area contributed by atoms with Gasteiger partial charge in [0.2, 0.25) is 6.79 Å². The van der Waals surface area contributed by atoms with E-state index in [9.17, 15) is 9.18 Å². The highest BCUT2D eigenvalue weighted by Gasteiger charge is 2.25. The zero-order chi connectivity index (χ0) is 11.1. The molecule has 0 fully saturated rings. The number of ether oxygens (including phenoxy) is 2. The van der Waals surface area contributed by atoms with Crippen LogP contribution in [0.15, 0.2) is 12.1 Å². The molecule has 0 radical (unpaired) electrons. The van der Waals surface area contributed by atoms with Gasteiger partial charge >= 0.3 is 0 Å². The number of aldehydes is 1. The summed E-state index contributed by atoms with van der Waals surface area (Å²) in [5.74, 6) is 0.832. The first kappa shape index (κ1) is 9.96. The van der Waals surface area contributed by atoms with Crippen LogP contribution in [0.4, 0.5) is 4.39 Å². The monoisotopic (exact) mass is 210 g/mol. The highest BCUT2D eigenvalue weighted by molar-refractivity contribution is 5.82. The predicted octanol–water partition coefficient (Wildman–Crippen LogP) is 2.43. The maximum absolute atomic E-state index is 13.7. The van der Waals surface area contributed by atoms with Crippen LogP contribution in [0.25, 0.3) is 0 Å². The lowest BCUT2D eigenvalue weighted by Crippen LogP contribution is -2.09. The molecule has 0 N–H and O–H groups in total. The molecule has 15 heavy (non-hydrogen) atoms. The zero-order valence-corrected chi connectivity index (χ0v) is 8.54. The molecular weight excluding hydrogens is 199 g/mol. The van der Waals surface area contributed by atoms with Crippen molar-refractivity contribution in [2.24, 2.45) is 0 Å². The molecule has 0 atom stereocenters. The Bertz CT molecular complexity index is 407. The minimum Gasteiger partial charge on any atom is -0.454 e. The molecule has 3 nitrogen and oxygen atoms in total. The van der Waals surface area contributed by atoms with Gasteiger partial charge in [0, 0.05) is 0 Å². The van der Waals surface area contributed by atoms with Crippen molar-refractivity contribution in [3.05, 3.63) is 23.3 Å². The Balaban J connectivity index is 2.58. The average molecular weight is 210 g/mol. The Hall–Kier alpha value is -1.58. The van der Waals surface area contributed by atoms with Gasteiger partial charge in [-0.15, -0.1) is 0 Å². The summed E-state index contributed by atoms with van der Waals surface area (Å²) in [5, 5.41) is 0. The molecule has 1 aliphatic heterocycles. The first-order valence-electron chi connectivity index (χ1n) is 4.60. The third-order valence-corrected chi connectivity index (χ3v) is 2.31. The molecule has 1 aromatic carbocycles. The molecule has 0 aliphatic carbocycles. The van der Waals surface area contributed by atoms with Crippen LogP contribution in [0.5, 0.6) is 11.5 Å². The largest absolute Gasteiger partial charge is 0.454 e. The number of benzene rings is 1. The molecule has 2 rings (SSSR count). The molecule has 1 aliphatic rings. The van der Waals surface area contributed by atoms with Crippen molar-refractivity contribution < 1.29 is 18.7 Å². The number of alkyl halides is 1. The average Bonchev–Trinajstić information content (AvgIpc) is 2.62. The van der Waals surface area contributed by atoms with Gasteiger partial charge in [0.05, 0.1) is 5.56 Å². The third kappa shape index (κ3) is 1.67. The van der Waals surface area contributed by atoms with Gasteiger partial charge in [-0.3, -0.25) is 4.79 Å². The van der Waals surface area contributed by atoms with E-state index in [2.05, 4.69) is 0 Å². The van der Waals surface area contributed by atoms with Crippen LogP contribution in [0.3, 0.4) is 0 Å². The lowest BCUT2D eigenvalue weighted by Gasteiger charge is -2.15. The Labute approximate surface area is 86.8 Å². The normalized spacial score (nSPS) is 14.1. The van der Waals surface area contributed by atoms with Gasteiger partial charge in [0.25, 0.3) is 0 Å². The van der Waals surface area contributed by atoms with Gasteiger partial charge in [0.1, 0.15) is 5.67 Å². The topological polar surface area (TPSA) is 35.5 Å². The van der Waals surface area contributed by atoms with Crippen LogP contribution >= 0.6 is 0 Å². The second-order valence-electron chi connectivity index (χ2n) is 3.89. The van der Waals surface area contributed by atoms with Crippen LogP contribution in [-0.4, -0.2) is 13.1 Å². The van der Waals surface area contributed by atoms with Crippen molar-refractivity contribution >= 4 is 6.29 Å². The highest BCUT2D eigenvalue weighted by atomic mass is 19.1. The first-order chi connectivity index (χ1) is 7.02. The molecule has 0 saturated carbocycles. The molecule has 0 bridgehead atoms. The maximum atomic E-state index is 13.7. The van der Waals surface area contributed by atoms with E-state index in [1.807, 2.05) is 0 Å². The van der Waals surface area contributed by atoms with Gasteiger partial charge < -0.3 is 9.47 Å². The molecule has 0 saturated heterocycles. The number of fused-ring (bicyclic) bond motifs is 1. The first-order valence-corrected chi connectivity index (χ1v) is 4.60. The second kappa shape index (κ2) is 3.22. The fourth-order valence-electron chi connectivity index (χ4n) is 1.47. The maximum Gasteiger partial charge on any atom is 0.231 e. The number of hydrogen-bond donors (Lipinski definition) is 0. The van der Waals surface area contributed by atoms with Crippen molar-refractivity contribution in [2.75, 3.05) is 6.79 Å². The van der Waals surface area contributed by atoms with Crippen molar-refractivity contribution in [2.45, 2.75) is 19.5 Å². The summed E-state index contributed by atoms with van der Waals surface area (Å²) in [7, 11) is 0. The SMILES string of the molecule is CC(C)(F)c1cc(C=O)c2c(c1)OCO2. The third-order valence-electron chi connectivity index (χ3n) is 2.31. The molecule has 1 aromatic rings.